The van der Waals surface area contributed by atoms with Crippen LogP contribution in [0.5, 0.6) is 0 Å². The molecule has 3 N–H and O–H groups in total. The summed E-state index contributed by atoms with van der Waals surface area (Å²) in [5.41, 5.74) is 5.21. The quantitative estimate of drug-likeness (QED) is 0.693. The van der Waals surface area contributed by atoms with Crippen LogP contribution in [0, 0.1) is 0 Å². The van der Waals surface area contributed by atoms with Crippen LogP contribution in [0.1, 0.15) is 6.92 Å². The van der Waals surface area contributed by atoms with Gasteiger partial charge in [0, 0.05) is 19.0 Å². The van der Waals surface area contributed by atoms with Gasteiger partial charge in [-0.25, -0.2) is 8.42 Å². The fourth-order valence-electron chi connectivity index (χ4n) is 0.698. The molecule has 0 saturated carbocycles. The third-order valence-electron chi connectivity index (χ3n) is 1.48. The van der Waals surface area contributed by atoms with E-state index < -0.39 is 15.2 Å². The van der Waals surface area contributed by atoms with Crippen molar-refractivity contribution in [2.24, 2.45) is 5.73 Å². The highest BCUT2D eigenvalue weighted by atomic mass is 35.5. The van der Waals surface area contributed by atoms with Gasteiger partial charge in [-0.15, -0.1) is 36.4 Å². The summed E-state index contributed by atoms with van der Waals surface area (Å²) in [6, 6.07) is 0. The van der Waals surface area contributed by atoms with E-state index in [1.54, 1.807) is 6.92 Å². The smallest absolute Gasteiger partial charge is 0.167 e. The number of rotatable bonds is 6. The van der Waals surface area contributed by atoms with Gasteiger partial charge in [0.25, 0.3) is 0 Å². The molecule has 0 rings (SSSR count). The Morgan fingerprint density at radius 3 is 2.29 bits per heavy atom. The second-order valence-electron chi connectivity index (χ2n) is 2.44. The molecular formula is C6H17Cl3N2O2S. The average molecular weight is 288 g/mol. The minimum Gasteiger partial charge on any atom is -0.329 e. The summed E-state index contributed by atoms with van der Waals surface area (Å²) in [7, 11) is -3.08. The van der Waals surface area contributed by atoms with Crippen molar-refractivity contribution in [1.82, 2.24) is 5.32 Å². The molecule has 1 atom stereocenters. The molecule has 0 bridgehead atoms. The van der Waals surface area contributed by atoms with Crippen molar-refractivity contribution in [1.29, 1.82) is 0 Å². The first kappa shape index (κ1) is 20.2. The van der Waals surface area contributed by atoms with Crippen molar-refractivity contribution in [2.75, 3.05) is 24.7 Å². The van der Waals surface area contributed by atoms with Gasteiger partial charge in [0.2, 0.25) is 0 Å². The molecule has 0 amide bonds. The summed E-state index contributed by atoms with van der Waals surface area (Å²) in [5, 5.41) is 2.23. The molecule has 1 unspecified atom stereocenters. The van der Waals surface area contributed by atoms with E-state index in [0.29, 0.717) is 13.1 Å². The number of nitrogens with two attached hydrogens (primary N) is 1. The largest absolute Gasteiger partial charge is 0.329 e. The maximum absolute atomic E-state index is 11.2. The minimum atomic E-state index is -3.08. The number of hydrogen-bond donors (Lipinski definition) is 2. The predicted molar refractivity (Wildman–Crippen MR) is 65.5 cm³/mol. The summed E-state index contributed by atoms with van der Waals surface area (Å²) in [4.78, 5) is 0. The van der Waals surface area contributed by atoms with E-state index in [4.69, 9.17) is 17.3 Å². The van der Waals surface area contributed by atoms with Crippen molar-refractivity contribution in [3.63, 3.8) is 0 Å². The second kappa shape index (κ2) is 10.3. The lowest BCUT2D eigenvalue weighted by molar-refractivity contribution is 0.562. The van der Waals surface area contributed by atoms with Crippen molar-refractivity contribution in [3.05, 3.63) is 0 Å². The Hall–Kier alpha value is 0.740. The molecule has 0 saturated heterocycles. The molecule has 4 nitrogen and oxygen atoms in total. The Labute approximate surface area is 103 Å². The van der Waals surface area contributed by atoms with Crippen LogP contribution in [0.4, 0.5) is 0 Å². The number of hydrogen-bond acceptors (Lipinski definition) is 4. The molecule has 0 fully saturated rings. The normalized spacial score (nSPS) is 12.5. The van der Waals surface area contributed by atoms with Gasteiger partial charge in [-0.2, -0.15) is 0 Å². The van der Waals surface area contributed by atoms with Crippen LogP contribution in [-0.2, 0) is 9.84 Å². The maximum atomic E-state index is 11.2. The van der Waals surface area contributed by atoms with Crippen molar-refractivity contribution < 1.29 is 8.42 Å². The number of halogens is 3. The molecule has 90 valence electrons. The lowest BCUT2D eigenvalue weighted by atomic mass is 10.6. The summed E-state index contributed by atoms with van der Waals surface area (Å²) in [6.07, 6.45) is 0. The van der Waals surface area contributed by atoms with E-state index in [0.717, 1.165) is 0 Å². The molecule has 14 heavy (non-hydrogen) atoms. The molecule has 0 spiro atoms. The minimum absolute atomic E-state index is 0. The van der Waals surface area contributed by atoms with Crippen molar-refractivity contribution >= 4 is 46.3 Å². The van der Waals surface area contributed by atoms with Crippen LogP contribution in [0.2, 0.25) is 0 Å². The molecule has 0 aromatic heterocycles. The third-order valence-corrected chi connectivity index (χ3v) is 3.91. The standard InChI is InChI=1S/C6H15ClN2O2S.2ClH/c1-6(9-4-3-8)12(10,11)5-2-7;;/h6,9H,2-5,8H2,1H3;2*1H. The van der Waals surface area contributed by atoms with Crippen LogP contribution < -0.4 is 11.1 Å². The fraction of sp³-hybridized carbons (Fsp3) is 1.00. The number of sulfone groups is 1. The van der Waals surface area contributed by atoms with E-state index in [1.165, 1.54) is 0 Å². The summed E-state index contributed by atoms with van der Waals surface area (Å²) >= 11 is 5.33. The topological polar surface area (TPSA) is 72.2 Å². The van der Waals surface area contributed by atoms with E-state index in [2.05, 4.69) is 5.32 Å². The number of nitrogens with one attached hydrogen (secondary N) is 1. The third kappa shape index (κ3) is 8.08. The number of alkyl halides is 1. The summed E-state index contributed by atoms with van der Waals surface area (Å²) in [5.74, 6) is 0.143. The van der Waals surface area contributed by atoms with E-state index in [1.807, 2.05) is 0 Å². The zero-order valence-corrected chi connectivity index (χ0v) is 11.1. The van der Waals surface area contributed by atoms with Gasteiger partial charge in [-0.05, 0) is 6.92 Å². The van der Waals surface area contributed by atoms with Crippen molar-refractivity contribution in [3.8, 4) is 0 Å². The van der Waals surface area contributed by atoms with Gasteiger partial charge >= 0.3 is 0 Å². The molecule has 0 aromatic carbocycles. The Morgan fingerprint density at radius 2 is 1.93 bits per heavy atom. The van der Waals surface area contributed by atoms with E-state index >= 15 is 0 Å². The maximum Gasteiger partial charge on any atom is 0.167 e. The average Bonchev–Trinajstić information content (AvgIpc) is 2.00. The van der Waals surface area contributed by atoms with Gasteiger partial charge in [0.1, 0.15) is 5.37 Å². The Bertz CT molecular complexity index is 211. The first-order chi connectivity index (χ1) is 5.54. The molecule has 0 aliphatic carbocycles. The Morgan fingerprint density at radius 1 is 1.43 bits per heavy atom. The van der Waals surface area contributed by atoms with Crippen LogP contribution in [0.3, 0.4) is 0 Å². The van der Waals surface area contributed by atoms with Gasteiger partial charge in [0.15, 0.2) is 9.84 Å². The van der Waals surface area contributed by atoms with E-state index in [-0.39, 0.29) is 36.4 Å². The van der Waals surface area contributed by atoms with Gasteiger partial charge in [-0.1, -0.05) is 0 Å². The molecule has 0 radical (unpaired) electrons. The van der Waals surface area contributed by atoms with Crippen LogP contribution in [0.15, 0.2) is 0 Å². The lowest BCUT2D eigenvalue weighted by Gasteiger charge is -2.12. The molecule has 0 aliphatic rings. The molecule has 8 heteroatoms. The Kier molecular flexibility index (Phi) is 14.8. The highest BCUT2D eigenvalue weighted by Crippen LogP contribution is 1.98. The molecule has 0 heterocycles. The lowest BCUT2D eigenvalue weighted by Crippen LogP contribution is -2.38. The first-order valence-electron chi connectivity index (χ1n) is 3.75. The zero-order valence-electron chi connectivity index (χ0n) is 7.90. The van der Waals surface area contributed by atoms with Gasteiger partial charge < -0.3 is 11.1 Å². The predicted octanol–water partition coefficient (Wildman–Crippen LogP) is 0.378. The monoisotopic (exact) mass is 286 g/mol. The Balaban J connectivity index is -0.000000605. The second-order valence-corrected chi connectivity index (χ2v) is 5.26. The molecule has 0 aromatic rings. The first-order valence-corrected chi connectivity index (χ1v) is 6.00. The molecular weight excluding hydrogens is 271 g/mol. The highest BCUT2D eigenvalue weighted by Gasteiger charge is 2.18. The zero-order chi connectivity index (χ0) is 9.61. The fourth-order valence-corrected chi connectivity index (χ4v) is 2.28. The summed E-state index contributed by atoms with van der Waals surface area (Å²) in [6.45, 7) is 2.53. The SMILES string of the molecule is CC(NCCN)S(=O)(=O)CCCl.Cl.Cl. The van der Waals surface area contributed by atoms with E-state index in [9.17, 15) is 8.42 Å². The van der Waals surface area contributed by atoms with Crippen LogP contribution >= 0.6 is 36.4 Å². The highest BCUT2D eigenvalue weighted by molar-refractivity contribution is 7.92. The van der Waals surface area contributed by atoms with Crippen LogP contribution in [-0.4, -0.2) is 38.5 Å². The van der Waals surface area contributed by atoms with Gasteiger partial charge in [-0.3, -0.25) is 0 Å². The van der Waals surface area contributed by atoms with Crippen molar-refractivity contribution in [2.45, 2.75) is 12.3 Å². The summed E-state index contributed by atoms with van der Waals surface area (Å²) < 4.78 is 22.5. The van der Waals surface area contributed by atoms with Crippen LogP contribution in [0.25, 0.3) is 0 Å². The van der Waals surface area contributed by atoms with Gasteiger partial charge in [0.05, 0.1) is 5.75 Å². The molecule has 0 aliphatic heterocycles.